The Balaban J connectivity index is 0.830. The van der Waals surface area contributed by atoms with Crippen molar-refractivity contribution in [2.24, 2.45) is 34.5 Å². The molecule has 4 heterocycles. The van der Waals surface area contributed by atoms with Crippen molar-refractivity contribution < 1.29 is 58.4 Å². The molecular weight excluding hydrogens is 684 g/mol. The third-order valence-corrected chi connectivity index (χ3v) is 15.6. The van der Waals surface area contributed by atoms with Crippen molar-refractivity contribution in [1.82, 2.24) is 0 Å². The molecule has 0 spiro atoms. The number of hydrogen-bond acceptors (Lipinski definition) is 12. The van der Waals surface area contributed by atoms with Crippen molar-refractivity contribution in [2.45, 2.75) is 197 Å². The van der Waals surface area contributed by atoms with Crippen LogP contribution in [-0.2, 0) is 38.0 Å². The molecule has 0 aromatic rings. The molecule has 19 atom stereocenters. The molecule has 8 aliphatic rings. The molecule has 12 heteroatoms. The summed E-state index contributed by atoms with van der Waals surface area (Å²) < 4.78 is 42.5. The van der Waals surface area contributed by atoms with Crippen LogP contribution >= 0.6 is 0 Å². The van der Waals surface area contributed by atoms with Gasteiger partial charge < -0.3 is 53.6 Å². The number of rotatable bonds is 7. The van der Waals surface area contributed by atoms with Crippen LogP contribution in [0.15, 0.2) is 11.6 Å². The van der Waals surface area contributed by atoms with Gasteiger partial charge in [0, 0.05) is 30.8 Å². The molecule has 0 amide bonds. The summed E-state index contributed by atoms with van der Waals surface area (Å²) >= 11 is 0. The molecule has 4 saturated carbocycles. The van der Waals surface area contributed by atoms with E-state index < -0.39 is 67.2 Å². The molecule has 11 unspecified atom stereocenters. The van der Waals surface area contributed by atoms with Crippen LogP contribution in [0.1, 0.15) is 118 Å². The second-order valence-electron chi connectivity index (χ2n) is 18.7. The number of carbonyl (C=O) groups excluding carboxylic acids is 1. The SMILES string of the molecule is CC1C[C@H](O)CC(OC2C(C)OC(OC3C(C)OC(O[C@H]4CC[C@]5(C)C6CC[C@]7(C)C(C8=CC(=O)OC8)CC[C@]7(O)C6CC[C@@H]5C4)C[C@H]3O)C[C@H]2O)O1. The maximum absolute atomic E-state index is 12.6. The Morgan fingerprint density at radius 1 is 0.717 bits per heavy atom. The fourth-order valence-electron chi connectivity index (χ4n) is 12.8. The molecule has 4 aliphatic carbocycles. The second-order valence-corrected chi connectivity index (χ2v) is 18.7. The van der Waals surface area contributed by atoms with E-state index in [0.717, 1.165) is 63.4 Å². The van der Waals surface area contributed by atoms with Gasteiger partial charge >= 0.3 is 5.97 Å². The first-order valence-electron chi connectivity index (χ1n) is 20.7. The summed E-state index contributed by atoms with van der Waals surface area (Å²) in [6.45, 7) is 10.7. The minimum atomic E-state index is -0.866. The Hall–Kier alpha value is -1.19. The van der Waals surface area contributed by atoms with E-state index in [9.17, 15) is 25.2 Å². The first kappa shape index (κ1) is 38.7. The number of fused-ring (bicyclic) bond motifs is 5. The van der Waals surface area contributed by atoms with Crippen LogP contribution in [0.2, 0.25) is 0 Å². The third-order valence-electron chi connectivity index (χ3n) is 15.6. The summed E-state index contributed by atoms with van der Waals surface area (Å²) in [5.74, 6) is 1.18. The van der Waals surface area contributed by atoms with Crippen LogP contribution in [0.25, 0.3) is 0 Å². The molecule has 3 saturated heterocycles. The van der Waals surface area contributed by atoms with Crippen LogP contribution in [0.3, 0.4) is 0 Å². The zero-order valence-electron chi connectivity index (χ0n) is 32.3. The van der Waals surface area contributed by atoms with Gasteiger partial charge in [-0.1, -0.05) is 13.8 Å². The van der Waals surface area contributed by atoms with Crippen LogP contribution < -0.4 is 0 Å². The van der Waals surface area contributed by atoms with Gasteiger partial charge in [-0.25, -0.2) is 4.79 Å². The van der Waals surface area contributed by atoms with Gasteiger partial charge in [0.2, 0.25) is 0 Å². The van der Waals surface area contributed by atoms with E-state index in [1.165, 1.54) is 0 Å². The first-order chi connectivity index (χ1) is 25.2. The maximum atomic E-state index is 12.6. The fourth-order valence-corrected chi connectivity index (χ4v) is 12.8. The number of ether oxygens (including phenoxy) is 7. The van der Waals surface area contributed by atoms with E-state index in [0.29, 0.717) is 31.3 Å². The van der Waals surface area contributed by atoms with Crippen molar-refractivity contribution in [3.05, 3.63) is 11.6 Å². The second kappa shape index (κ2) is 14.6. The van der Waals surface area contributed by atoms with Gasteiger partial charge in [-0.2, -0.15) is 0 Å². The lowest BCUT2D eigenvalue weighted by Gasteiger charge is -2.64. The highest BCUT2D eigenvalue weighted by Crippen LogP contribution is 2.70. The monoisotopic (exact) mass is 748 g/mol. The zero-order valence-corrected chi connectivity index (χ0v) is 32.3. The third kappa shape index (κ3) is 6.97. The highest BCUT2D eigenvalue weighted by Gasteiger charge is 2.67. The Morgan fingerprint density at radius 2 is 1.38 bits per heavy atom. The van der Waals surface area contributed by atoms with Gasteiger partial charge in [-0.15, -0.1) is 0 Å². The lowest BCUT2D eigenvalue weighted by Crippen LogP contribution is -2.62. The van der Waals surface area contributed by atoms with E-state index >= 15 is 0 Å². The summed E-state index contributed by atoms with van der Waals surface area (Å²) in [5, 5.41) is 45.0. The summed E-state index contributed by atoms with van der Waals surface area (Å²) in [7, 11) is 0. The maximum Gasteiger partial charge on any atom is 0.331 e. The number of cyclic esters (lactones) is 1. The molecule has 12 nitrogen and oxygen atoms in total. The van der Waals surface area contributed by atoms with Gasteiger partial charge in [0.25, 0.3) is 0 Å². The molecule has 4 aliphatic heterocycles. The molecule has 0 aromatic carbocycles. The van der Waals surface area contributed by atoms with Gasteiger partial charge in [-0.3, -0.25) is 0 Å². The summed E-state index contributed by atoms with van der Waals surface area (Å²) in [5.41, 5.74) is 0.249. The molecular formula is C41H64O12. The predicted molar refractivity (Wildman–Crippen MR) is 190 cm³/mol. The van der Waals surface area contributed by atoms with E-state index in [-0.39, 0.29) is 53.7 Å². The first-order valence-corrected chi connectivity index (χ1v) is 20.7. The van der Waals surface area contributed by atoms with Crippen LogP contribution in [-0.4, -0.2) is 112 Å². The zero-order chi connectivity index (χ0) is 37.4. The van der Waals surface area contributed by atoms with Crippen molar-refractivity contribution in [2.75, 3.05) is 6.61 Å². The van der Waals surface area contributed by atoms with Gasteiger partial charge in [0.15, 0.2) is 18.9 Å². The molecule has 0 bridgehead atoms. The quantitative estimate of drug-likeness (QED) is 0.217. The number of esters is 1. The predicted octanol–water partition coefficient (Wildman–Crippen LogP) is 4.28. The van der Waals surface area contributed by atoms with Gasteiger partial charge in [-0.05, 0) is 120 Å². The topological polar surface area (TPSA) is 163 Å². The number of aliphatic hydroxyl groups is 4. The minimum absolute atomic E-state index is 0.0398. The Kier molecular flexibility index (Phi) is 10.7. The molecule has 7 fully saturated rings. The van der Waals surface area contributed by atoms with E-state index in [2.05, 4.69) is 13.8 Å². The Bertz CT molecular complexity index is 1340. The Labute approximate surface area is 314 Å². The highest BCUT2D eigenvalue weighted by molar-refractivity contribution is 5.85. The number of carbonyl (C=O) groups is 1. The van der Waals surface area contributed by atoms with Crippen LogP contribution in [0.4, 0.5) is 0 Å². The summed E-state index contributed by atoms with van der Waals surface area (Å²) in [4.78, 5) is 11.9. The van der Waals surface area contributed by atoms with Crippen LogP contribution in [0.5, 0.6) is 0 Å². The molecule has 53 heavy (non-hydrogen) atoms. The molecule has 300 valence electrons. The van der Waals surface area contributed by atoms with Crippen molar-refractivity contribution in [3.63, 3.8) is 0 Å². The van der Waals surface area contributed by atoms with Crippen molar-refractivity contribution in [3.8, 4) is 0 Å². The molecule has 4 N–H and O–H groups in total. The molecule has 8 rings (SSSR count). The number of aliphatic hydroxyl groups excluding tert-OH is 3. The average Bonchev–Trinajstić information content (AvgIpc) is 3.63. The van der Waals surface area contributed by atoms with Gasteiger partial charge in [0.1, 0.15) is 18.8 Å². The molecule has 0 aromatic heterocycles. The van der Waals surface area contributed by atoms with Gasteiger partial charge in [0.05, 0.1) is 48.3 Å². The largest absolute Gasteiger partial charge is 0.458 e. The van der Waals surface area contributed by atoms with E-state index in [1.54, 1.807) is 6.08 Å². The minimum Gasteiger partial charge on any atom is -0.458 e. The standard InChI is InChI=1S/C41H64O12/c1-21-14-26(42)17-34(48-21)52-37-23(3)50-36(19-32(37)44)53-38-22(2)49-35(18-31(38)43)51-27-8-11-39(4)25(16-27)6-7-30-29(39)9-12-40(5)28(10-13-41(30,40)46)24-15-33(45)47-20-24/h15,21-23,25-32,34-38,42-44,46H,6-14,16-20H2,1-5H3/t21?,22?,23?,25-,26+,27+,28?,29?,30?,31-,32-,34?,35?,36?,37?,38?,39+,40-,41+/m1/s1. The normalized spacial score (nSPS) is 54.4. The fraction of sp³-hybridized carbons (Fsp3) is 0.927. The van der Waals surface area contributed by atoms with Crippen LogP contribution in [0, 0.1) is 34.5 Å². The Morgan fingerprint density at radius 3 is 2.00 bits per heavy atom. The average molecular weight is 749 g/mol. The smallest absolute Gasteiger partial charge is 0.331 e. The summed E-state index contributed by atoms with van der Waals surface area (Å²) in [6, 6.07) is 0. The van der Waals surface area contributed by atoms with Crippen molar-refractivity contribution >= 4 is 5.97 Å². The lowest BCUT2D eigenvalue weighted by molar-refractivity contribution is -0.333. The van der Waals surface area contributed by atoms with Crippen molar-refractivity contribution in [1.29, 1.82) is 0 Å². The van der Waals surface area contributed by atoms with E-state index in [4.69, 9.17) is 33.2 Å². The number of hydrogen-bond donors (Lipinski definition) is 4. The van der Waals surface area contributed by atoms with E-state index in [1.807, 2.05) is 20.8 Å². The summed E-state index contributed by atoms with van der Waals surface area (Å²) in [6.07, 6.45) is 5.41. The molecule has 0 radical (unpaired) electrons. The lowest BCUT2D eigenvalue weighted by atomic mass is 9.43. The highest BCUT2D eigenvalue weighted by atomic mass is 16.7.